The molecule has 0 atom stereocenters. The first kappa shape index (κ1) is 20.3. The van der Waals surface area contributed by atoms with E-state index in [4.69, 9.17) is 5.73 Å². The lowest BCUT2D eigenvalue weighted by Crippen LogP contribution is -2.28. The lowest BCUT2D eigenvalue weighted by atomic mass is 9.79. The minimum Gasteiger partial charge on any atom is -0.398 e. The molecule has 6 heteroatoms. The number of ketones is 1. The minimum atomic E-state index is -0.417. The molecule has 1 saturated carbocycles. The molecule has 154 valence electrons. The van der Waals surface area contributed by atoms with Crippen LogP contribution in [0.25, 0.3) is 10.6 Å². The number of hydrogen-bond acceptors (Lipinski definition) is 5. The standard InChI is InChI=1S/C24H25N3O2S/c1-24(2,18-7-8-18)21(28)16-6-9-20(25)19(13-16)22(29)27-14-15-4-3-5-17(12-15)23-26-10-11-30-23/h3-6,9-13,18H,7-8,14,25H2,1-2H3,(H,27,29). The topological polar surface area (TPSA) is 85.1 Å². The Bertz CT molecular complexity index is 1090. The van der Waals surface area contributed by atoms with Gasteiger partial charge < -0.3 is 11.1 Å². The number of nitrogens with zero attached hydrogens (tertiary/aromatic N) is 1. The molecule has 5 nitrogen and oxygen atoms in total. The van der Waals surface area contributed by atoms with Gasteiger partial charge in [-0.15, -0.1) is 11.3 Å². The molecule has 3 N–H and O–H groups in total. The van der Waals surface area contributed by atoms with Gasteiger partial charge in [-0.3, -0.25) is 9.59 Å². The smallest absolute Gasteiger partial charge is 0.253 e. The van der Waals surface area contributed by atoms with Crippen LogP contribution < -0.4 is 11.1 Å². The van der Waals surface area contributed by atoms with Gasteiger partial charge in [0, 0.05) is 40.4 Å². The number of anilines is 1. The SMILES string of the molecule is CC(C)(C(=O)c1ccc(N)c(C(=O)NCc2cccc(-c3nccs3)c2)c1)C1CC1. The van der Waals surface area contributed by atoms with Crippen LogP contribution in [0, 0.1) is 11.3 Å². The van der Waals surface area contributed by atoms with E-state index in [1.807, 2.05) is 43.5 Å². The van der Waals surface area contributed by atoms with Crippen molar-refractivity contribution in [3.05, 3.63) is 70.7 Å². The van der Waals surface area contributed by atoms with Gasteiger partial charge in [0.1, 0.15) is 5.01 Å². The van der Waals surface area contributed by atoms with Crippen LogP contribution in [-0.4, -0.2) is 16.7 Å². The highest BCUT2D eigenvalue weighted by Gasteiger charge is 2.43. The molecule has 30 heavy (non-hydrogen) atoms. The molecule has 3 aromatic rings. The second-order valence-corrected chi connectivity index (χ2v) is 9.24. The third kappa shape index (κ3) is 4.14. The summed E-state index contributed by atoms with van der Waals surface area (Å²) in [7, 11) is 0. The number of carbonyl (C=O) groups excluding carboxylic acids is 2. The molecule has 0 unspecified atom stereocenters. The molecule has 1 aliphatic carbocycles. The van der Waals surface area contributed by atoms with Crippen LogP contribution in [0.4, 0.5) is 5.69 Å². The highest BCUT2D eigenvalue weighted by atomic mass is 32.1. The summed E-state index contributed by atoms with van der Waals surface area (Å²) in [5.74, 6) is 0.200. The molecular formula is C24H25N3O2S. The Morgan fingerprint density at radius 3 is 2.70 bits per heavy atom. The van der Waals surface area contributed by atoms with E-state index in [2.05, 4.69) is 10.3 Å². The predicted octanol–water partition coefficient (Wildman–Crippen LogP) is 4.94. The summed E-state index contributed by atoms with van der Waals surface area (Å²) in [6, 6.07) is 12.9. The van der Waals surface area contributed by atoms with Gasteiger partial charge in [0.15, 0.2) is 5.78 Å². The maximum atomic E-state index is 13.0. The number of hydrogen-bond donors (Lipinski definition) is 2. The second kappa shape index (κ2) is 8.03. The number of thiazole rings is 1. The van der Waals surface area contributed by atoms with E-state index in [1.165, 1.54) is 0 Å². The summed E-state index contributed by atoms with van der Waals surface area (Å²) in [6.45, 7) is 4.33. The Labute approximate surface area is 180 Å². The quantitative estimate of drug-likeness (QED) is 0.419. The van der Waals surface area contributed by atoms with Crippen molar-refractivity contribution in [3.63, 3.8) is 0 Å². The lowest BCUT2D eigenvalue weighted by Gasteiger charge is -2.23. The summed E-state index contributed by atoms with van der Waals surface area (Å²) in [5, 5.41) is 5.80. The predicted molar refractivity (Wildman–Crippen MR) is 120 cm³/mol. The van der Waals surface area contributed by atoms with Crippen LogP contribution in [0.2, 0.25) is 0 Å². The molecule has 0 bridgehead atoms. The van der Waals surface area contributed by atoms with Crippen molar-refractivity contribution in [1.82, 2.24) is 10.3 Å². The van der Waals surface area contributed by atoms with Crippen LogP contribution in [0.3, 0.4) is 0 Å². The molecule has 0 spiro atoms. The molecule has 4 rings (SSSR count). The number of rotatable bonds is 7. The van der Waals surface area contributed by atoms with Gasteiger partial charge in [0.25, 0.3) is 5.91 Å². The van der Waals surface area contributed by atoms with Crippen LogP contribution >= 0.6 is 11.3 Å². The van der Waals surface area contributed by atoms with E-state index in [9.17, 15) is 9.59 Å². The number of nitrogens with two attached hydrogens (primary N) is 1. The normalized spacial score (nSPS) is 13.8. The van der Waals surface area contributed by atoms with Crippen molar-refractivity contribution in [2.24, 2.45) is 11.3 Å². The average Bonchev–Trinajstić information content (AvgIpc) is 3.48. The van der Waals surface area contributed by atoms with Crippen molar-refractivity contribution < 1.29 is 9.59 Å². The van der Waals surface area contributed by atoms with Crippen LogP contribution in [0.5, 0.6) is 0 Å². The summed E-state index contributed by atoms with van der Waals surface area (Å²) in [4.78, 5) is 30.1. The molecule has 0 radical (unpaired) electrons. The monoisotopic (exact) mass is 419 g/mol. The first-order chi connectivity index (χ1) is 14.4. The van der Waals surface area contributed by atoms with Gasteiger partial charge in [-0.05, 0) is 48.6 Å². The first-order valence-corrected chi connectivity index (χ1v) is 11.0. The van der Waals surface area contributed by atoms with Crippen molar-refractivity contribution in [2.45, 2.75) is 33.2 Å². The zero-order chi connectivity index (χ0) is 21.3. The van der Waals surface area contributed by atoms with Gasteiger partial charge >= 0.3 is 0 Å². The fraction of sp³-hybridized carbons (Fsp3) is 0.292. The van der Waals surface area contributed by atoms with Gasteiger partial charge in [0.05, 0.1) is 5.56 Å². The molecular weight excluding hydrogens is 394 g/mol. The molecule has 1 aliphatic rings. The molecule has 0 aliphatic heterocycles. The molecule has 1 aromatic heterocycles. The van der Waals surface area contributed by atoms with Crippen molar-refractivity contribution in [2.75, 3.05) is 5.73 Å². The average molecular weight is 420 g/mol. The lowest BCUT2D eigenvalue weighted by molar-refractivity contribution is 0.0809. The van der Waals surface area contributed by atoms with E-state index in [1.54, 1.807) is 35.7 Å². The van der Waals surface area contributed by atoms with Crippen LogP contribution in [0.15, 0.2) is 54.0 Å². The number of aromatic nitrogens is 1. The van der Waals surface area contributed by atoms with E-state index in [0.717, 1.165) is 29.0 Å². The minimum absolute atomic E-state index is 0.0650. The molecule has 1 amide bonds. The third-order valence-corrected chi connectivity index (χ3v) is 6.62. The summed E-state index contributed by atoms with van der Waals surface area (Å²) >= 11 is 1.57. The van der Waals surface area contributed by atoms with Gasteiger partial charge in [0.2, 0.25) is 0 Å². The second-order valence-electron chi connectivity index (χ2n) is 8.35. The maximum absolute atomic E-state index is 13.0. The number of Topliss-reactive ketones (excluding diaryl/α,β-unsaturated/α-hetero) is 1. The number of benzene rings is 2. The number of amides is 1. The first-order valence-electron chi connectivity index (χ1n) is 10.1. The Morgan fingerprint density at radius 1 is 1.20 bits per heavy atom. The van der Waals surface area contributed by atoms with E-state index in [-0.39, 0.29) is 11.7 Å². The molecule has 1 heterocycles. The number of nitrogens with one attached hydrogen (secondary N) is 1. The maximum Gasteiger partial charge on any atom is 0.253 e. The molecule has 0 saturated heterocycles. The van der Waals surface area contributed by atoms with E-state index in [0.29, 0.717) is 29.3 Å². The van der Waals surface area contributed by atoms with Gasteiger partial charge in [-0.25, -0.2) is 4.98 Å². The van der Waals surface area contributed by atoms with Crippen LogP contribution in [-0.2, 0) is 6.54 Å². The summed E-state index contributed by atoms with van der Waals surface area (Å²) < 4.78 is 0. The Balaban J connectivity index is 1.48. The van der Waals surface area contributed by atoms with E-state index >= 15 is 0 Å². The van der Waals surface area contributed by atoms with Gasteiger partial charge in [-0.2, -0.15) is 0 Å². The van der Waals surface area contributed by atoms with Crippen LogP contribution in [0.1, 0.15) is 53.0 Å². The summed E-state index contributed by atoms with van der Waals surface area (Å²) in [6.07, 6.45) is 3.94. The Hall–Kier alpha value is -2.99. The highest BCUT2D eigenvalue weighted by Crippen LogP contribution is 2.47. The Morgan fingerprint density at radius 2 is 2.00 bits per heavy atom. The van der Waals surface area contributed by atoms with Crippen molar-refractivity contribution in [3.8, 4) is 10.6 Å². The number of nitrogen functional groups attached to an aromatic ring is 1. The largest absolute Gasteiger partial charge is 0.398 e. The van der Waals surface area contributed by atoms with Crippen molar-refractivity contribution >= 4 is 28.7 Å². The van der Waals surface area contributed by atoms with Crippen molar-refractivity contribution in [1.29, 1.82) is 0 Å². The zero-order valence-electron chi connectivity index (χ0n) is 17.1. The molecule has 2 aromatic carbocycles. The fourth-order valence-electron chi connectivity index (χ4n) is 3.71. The number of carbonyl (C=O) groups is 2. The summed E-state index contributed by atoms with van der Waals surface area (Å²) in [5.41, 5.74) is 8.86. The molecule has 1 fully saturated rings. The fourth-order valence-corrected chi connectivity index (χ4v) is 4.35. The zero-order valence-corrected chi connectivity index (χ0v) is 18.0. The third-order valence-electron chi connectivity index (χ3n) is 5.80. The van der Waals surface area contributed by atoms with Gasteiger partial charge in [-0.1, -0.05) is 32.0 Å². The highest BCUT2D eigenvalue weighted by molar-refractivity contribution is 7.13. The Kier molecular flexibility index (Phi) is 5.43. The van der Waals surface area contributed by atoms with E-state index < -0.39 is 5.41 Å².